The highest BCUT2D eigenvalue weighted by atomic mass is 35.5. The zero-order valence-electron chi connectivity index (χ0n) is 11.5. The molecule has 1 aromatic carbocycles. The number of halogens is 1. The molecule has 108 valence electrons. The van der Waals surface area contributed by atoms with E-state index in [1.807, 2.05) is 17.1 Å². The highest BCUT2D eigenvalue weighted by molar-refractivity contribution is 6.30. The standard InChI is InChI=1S/C15H20ClN3O/c16-13-6-4-12(5-7-13)11-14-3-1-2-9-18(14)19-10-8-17-15(19)20/h4-7,14H,1-3,8-11H2,(H,17,20). The van der Waals surface area contributed by atoms with Gasteiger partial charge < -0.3 is 5.32 Å². The molecule has 0 bridgehead atoms. The van der Waals surface area contributed by atoms with Gasteiger partial charge in [0.1, 0.15) is 0 Å². The van der Waals surface area contributed by atoms with Crippen molar-refractivity contribution in [2.24, 2.45) is 0 Å². The minimum atomic E-state index is 0.0491. The zero-order chi connectivity index (χ0) is 13.9. The Kier molecular flexibility index (Phi) is 4.13. The van der Waals surface area contributed by atoms with Crippen LogP contribution in [0.5, 0.6) is 0 Å². The van der Waals surface area contributed by atoms with E-state index in [-0.39, 0.29) is 6.03 Å². The largest absolute Gasteiger partial charge is 0.335 e. The Balaban J connectivity index is 1.71. The molecule has 2 saturated heterocycles. The van der Waals surface area contributed by atoms with Crippen LogP contribution >= 0.6 is 11.6 Å². The number of hydrogen-bond acceptors (Lipinski definition) is 2. The first-order chi connectivity index (χ1) is 9.74. The average Bonchev–Trinajstić information content (AvgIpc) is 2.88. The van der Waals surface area contributed by atoms with Crippen LogP contribution < -0.4 is 5.32 Å². The summed E-state index contributed by atoms with van der Waals surface area (Å²) in [4.78, 5) is 11.9. The maximum Gasteiger partial charge on any atom is 0.332 e. The number of hydrogen-bond donors (Lipinski definition) is 1. The number of carbonyl (C=O) groups excluding carboxylic acids is 1. The van der Waals surface area contributed by atoms with Crippen molar-refractivity contribution >= 4 is 17.6 Å². The van der Waals surface area contributed by atoms with Crippen molar-refractivity contribution in [2.45, 2.75) is 31.7 Å². The summed E-state index contributed by atoms with van der Waals surface area (Å²) in [6, 6.07) is 8.50. The lowest BCUT2D eigenvalue weighted by Crippen LogP contribution is -2.53. The molecule has 2 heterocycles. The van der Waals surface area contributed by atoms with E-state index in [0.29, 0.717) is 6.04 Å². The van der Waals surface area contributed by atoms with Gasteiger partial charge in [0, 0.05) is 24.2 Å². The third-order valence-corrected chi connectivity index (χ3v) is 4.38. The fourth-order valence-electron chi connectivity index (χ4n) is 3.11. The van der Waals surface area contributed by atoms with Crippen LogP contribution in [0, 0.1) is 0 Å². The van der Waals surface area contributed by atoms with Crippen LogP contribution in [0.1, 0.15) is 24.8 Å². The summed E-state index contributed by atoms with van der Waals surface area (Å²) in [6.07, 6.45) is 4.53. The van der Waals surface area contributed by atoms with Gasteiger partial charge in [0.05, 0.1) is 6.54 Å². The summed E-state index contributed by atoms with van der Waals surface area (Å²) < 4.78 is 0. The van der Waals surface area contributed by atoms with Crippen molar-refractivity contribution in [3.05, 3.63) is 34.9 Å². The van der Waals surface area contributed by atoms with Gasteiger partial charge in [-0.1, -0.05) is 30.2 Å². The fraction of sp³-hybridized carbons (Fsp3) is 0.533. The molecule has 3 rings (SSSR count). The van der Waals surface area contributed by atoms with Gasteiger partial charge >= 0.3 is 6.03 Å². The van der Waals surface area contributed by atoms with Gasteiger partial charge in [-0.25, -0.2) is 9.80 Å². The molecule has 0 radical (unpaired) electrons. The van der Waals surface area contributed by atoms with E-state index in [1.54, 1.807) is 0 Å². The van der Waals surface area contributed by atoms with Gasteiger partial charge in [0.2, 0.25) is 0 Å². The number of nitrogens with zero attached hydrogens (tertiary/aromatic N) is 2. The molecule has 2 fully saturated rings. The van der Waals surface area contributed by atoms with Crippen LogP contribution in [-0.2, 0) is 6.42 Å². The van der Waals surface area contributed by atoms with Crippen LogP contribution in [0.2, 0.25) is 5.02 Å². The number of amides is 2. The van der Waals surface area contributed by atoms with Crippen LogP contribution in [0.15, 0.2) is 24.3 Å². The Morgan fingerprint density at radius 1 is 1.20 bits per heavy atom. The van der Waals surface area contributed by atoms with Crippen LogP contribution in [-0.4, -0.2) is 41.7 Å². The third kappa shape index (κ3) is 2.91. The minimum Gasteiger partial charge on any atom is -0.335 e. The fourth-order valence-corrected chi connectivity index (χ4v) is 3.24. The van der Waals surface area contributed by atoms with Crippen molar-refractivity contribution in [1.29, 1.82) is 0 Å². The molecule has 0 aliphatic carbocycles. The third-order valence-electron chi connectivity index (χ3n) is 4.13. The number of carbonyl (C=O) groups is 1. The highest BCUT2D eigenvalue weighted by Crippen LogP contribution is 2.24. The van der Waals surface area contributed by atoms with Gasteiger partial charge in [-0.15, -0.1) is 0 Å². The summed E-state index contributed by atoms with van der Waals surface area (Å²) in [6.45, 7) is 2.52. The maximum absolute atomic E-state index is 11.9. The van der Waals surface area contributed by atoms with E-state index in [1.165, 1.54) is 18.4 Å². The quantitative estimate of drug-likeness (QED) is 0.930. The number of benzene rings is 1. The summed E-state index contributed by atoms with van der Waals surface area (Å²) in [7, 11) is 0. The molecular weight excluding hydrogens is 274 g/mol. The van der Waals surface area contributed by atoms with E-state index in [0.717, 1.165) is 37.5 Å². The molecule has 1 atom stereocenters. The monoisotopic (exact) mass is 293 g/mol. The highest BCUT2D eigenvalue weighted by Gasteiger charge is 2.32. The molecule has 2 amide bonds. The van der Waals surface area contributed by atoms with Gasteiger partial charge in [-0.05, 0) is 37.0 Å². The number of hydrazine groups is 1. The second kappa shape index (κ2) is 6.02. The molecular formula is C15H20ClN3O. The molecule has 2 aliphatic heterocycles. The zero-order valence-corrected chi connectivity index (χ0v) is 12.3. The smallest absolute Gasteiger partial charge is 0.332 e. The summed E-state index contributed by atoms with van der Waals surface area (Å²) in [5, 5.41) is 7.81. The lowest BCUT2D eigenvalue weighted by Gasteiger charge is -2.40. The van der Waals surface area contributed by atoms with Crippen LogP contribution in [0.25, 0.3) is 0 Å². The molecule has 2 aliphatic rings. The van der Waals surface area contributed by atoms with E-state index >= 15 is 0 Å². The van der Waals surface area contributed by atoms with Gasteiger partial charge in [0.25, 0.3) is 0 Å². The van der Waals surface area contributed by atoms with Crippen molar-refractivity contribution < 1.29 is 4.79 Å². The van der Waals surface area contributed by atoms with Crippen LogP contribution in [0.3, 0.4) is 0 Å². The molecule has 1 N–H and O–H groups in total. The molecule has 20 heavy (non-hydrogen) atoms. The molecule has 0 aromatic heterocycles. The predicted octanol–water partition coefficient (Wildman–Crippen LogP) is 2.68. The van der Waals surface area contributed by atoms with Gasteiger partial charge in [0.15, 0.2) is 0 Å². The number of rotatable bonds is 3. The molecule has 5 heteroatoms. The second-order valence-corrected chi connectivity index (χ2v) is 5.93. The summed E-state index contributed by atoms with van der Waals surface area (Å²) in [5.41, 5.74) is 1.28. The number of piperidine rings is 1. The van der Waals surface area contributed by atoms with Crippen molar-refractivity contribution in [3.63, 3.8) is 0 Å². The Morgan fingerprint density at radius 3 is 2.70 bits per heavy atom. The lowest BCUT2D eigenvalue weighted by atomic mass is 9.97. The average molecular weight is 294 g/mol. The SMILES string of the molecule is O=C1NCCN1N1CCCCC1Cc1ccc(Cl)cc1. The first kappa shape index (κ1) is 13.7. The minimum absolute atomic E-state index is 0.0491. The van der Waals surface area contributed by atoms with Gasteiger partial charge in [-0.2, -0.15) is 0 Å². The molecule has 1 aromatic rings. The maximum atomic E-state index is 11.9. The molecule has 0 spiro atoms. The summed E-state index contributed by atoms with van der Waals surface area (Å²) in [5.74, 6) is 0. The van der Waals surface area contributed by atoms with E-state index in [4.69, 9.17) is 11.6 Å². The van der Waals surface area contributed by atoms with Crippen molar-refractivity contribution in [2.75, 3.05) is 19.6 Å². The van der Waals surface area contributed by atoms with E-state index < -0.39 is 0 Å². The molecule has 4 nitrogen and oxygen atoms in total. The van der Waals surface area contributed by atoms with Gasteiger partial charge in [-0.3, -0.25) is 5.01 Å². The van der Waals surface area contributed by atoms with Crippen molar-refractivity contribution in [1.82, 2.24) is 15.3 Å². The number of urea groups is 1. The van der Waals surface area contributed by atoms with E-state index in [9.17, 15) is 4.79 Å². The second-order valence-electron chi connectivity index (χ2n) is 5.50. The Morgan fingerprint density at radius 2 is 2.00 bits per heavy atom. The number of nitrogens with one attached hydrogen (secondary N) is 1. The molecule has 1 unspecified atom stereocenters. The Labute approximate surface area is 124 Å². The van der Waals surface area contributed by atoms with E-state index in [2.05, 4.69) is 22.5 Å². The first-order valence-electron chi connectivity index (χ1n) is 7.30. The summed E-state index contributed by atoms with van der Waals surface area (Å²) >= 11 is 5.93. The first-order valence-corrected chi connectivity index (χ1v) is 7.68. The van der Waals surface area contributed by atoms with Crippen molar-refractivity contribution in [3.8, 4) is 0 Å². The normalized spacial score (nSPS) is 23.9. The predicted molar refractivity (Wildman–Crippen MR) is 79.6 cm³/mol. The lowest BCUT2D eigenvalue weighted by molar-refractivity contribution is -0.0293. The Bertz CT molecular complexity index is 477. The van der Waals surface area contributed by atoms with Crippen LogP contribution in [0.4, 0.5) is 4.79 Å². The topological polar surface area (TPSA) is 35.6 Å². The Hall–Kier alpha value is -1.26. The molecule has 0 saturated carbocycles.